The van der Waals surface area contributed by atoms with Gasteiger partial charge in [-0.3, -0.25) is 14.8 Å². The molecule has 0 unspecified atom stereocenters. The van der Waals surface area contributed by atoms with Gasteiger partial charge in [0.25, 0.3) is 11.8 Å². The van der Waals surface area contributed by atoms with Gasteiger partial charge in [-0.2, -0.15) is 4.98 Å². The van der Waals surface area contributed by atoms with Crippen molar-refractivity contribution in [2.75, 3.05) is 58.4 Å². The van der Waals surface area contributed by atoms with Crippen LogP contribution in [-0.4, -0.2) is 73.9 Å². The topological polar surface area (TPSA) is 128 Å². The Bertz CT molecular complexity index is 1340. The van der Waals surface area contributed by atoms with Crippen molar-refractivity contribution in [1.29, 1.82) is 0 Å². The average Bonchev–Trinajstić information content (AvgIpc) is 3.62. The molecule has 3 N–H and O–H groups in total. The number of nitrogens with zero attached hydrogens (tertiary/aromatic N) is 4. The molecule has 212 valence electrons. The summed E-state index contributed by atoms with van der Waals surface area (Å²) in [6.45, 7) is 0.759. The van der Waals surface area contributed by atoms with Crippen molar-refractivity contribution < 1.29 is 31.5 Å². The largest absolute Gasteiger partial charge is 0.395 e. The maximum atomic E-state index is 15.5. The smallest absolute Gasteiger partial charge is 0.263 e. The number of aromatic nitrogens is 2. The molecule has 3 fully saturated rings. The highest BCUT2D eigenvalue weighted by molar-refractivity contribution is 7.92. The van der Waals surface area contributed by atoms with Gasteiger partial charge in [0.15, 0.2) is 0 Å². The van der Waals surface area contributed by atoms with Gasteiger partial charge in [-0.25, -0.2) is 26.6 Å². The number of alkyl halides is 2. The first-order valence-electron chi connectivity index (χ1n) is 13.0. The zero-order valence-corrected chi connectivity index (χ0v) is 22.1. The summed E-state index contributed by atoms with van der Waals surface area (Å²) < 4.78 is 69.3. The van der Waals surface area contributed by atoms with Crippen molar-refractivity contribution in [3.05, 3.63) is 35.8 Å². The minimum absolute atomic E-state index is 0.0562. The number of carbonyl (C=O) groups excluding carboxylic acids is 1. The van der Waals surface area contributed by atoms with E-state index in [0.717, 1.165) is 31.7 Å². The fourth-order valence-electron chi connectivity index (χ4n) is 5.19. The number of carbonyl (C=O) groups is 1. The van der Waals surface area contributed by atoms with Crippen molar-refractivity contribution in [2.24, 2.45) is 5.41 Å². The Morgan fingerprint density at radius 2 is 1.69 bits per heavy atom. The highest BCUT2D eigenvalue weighted by Crippen LogP contribution is 2.54. The second-order valence-corrected chi connectivity index (χ2v) is 12.4. The Morgan fingerprint density at radius 3 is 2.33 bits per heavy atom. The standard InChI is InChI=1S/C25H31F3N6O4S/c26-18-15-17(32-39(37,38)14-13-35)16-19(33-9-4-24(2-3-24)5-10-33)21(18)22(36)31-23-29-8-1-20(30-23)34-11-6-25(27,28)7-12-34/h1,8,15-16,32,35H,2-7,9-14H2,(H,29,30,31,36). The molecule has 1 saturated carbocycles. The van der Waals surface area contributed by atoms with E-state index in [9.17, 15) is 22.0 Å². The van der Waals surface area contributed by atoms with Crippen LogP contribution in [0.5, 0.6) is 0 Å². The van der Waals surface area contributed by atoms with E-state index in [1.807, 2.05) is 4.90 Å². The van der Waals surface area contributed by atoms with Gasteiger partial charge in [-0.05, 0) is 49.3 Å². The fraction of sp³-hybridized carbons (Fsp3) is 0.560. The molecule has 2 saturated heterocycles. The molecule has 1 aromatic heterocycles. The van der Waals surface area contributed by atoms with Gasteiger partial charge in [0.05, 0.1) is 29.3 Å². The van der Waals surface area contributed by atoms with E-state index in [1.165, 1.54) is 12.3 Å². The lowest BCUT2D eigenvalue weighted by Crippen LogP contribution is -2.39. The first kappa shape index (κ1) is 27.4. The number of aliphatic hydroxyl groups is 1. The molecule has 3 aliphatic rings. The quantitative estimate of drug-likeness (QED) is 0.443. The Labute approximate surface area is 224 Å². The van der Waals surface area contributed by atoms with Crippen molar-refractivity contribution in [3.8, 4) is 0 Å². The van der Waals surface area contributed by atoms with Gasteiger partial charge in [-0.15, -0.1) is 0 Å². The third-order valence-corrected chi connectivity index (χ3v) is 9.00. The highest BCUT2D eigenvalue weighted by Gasteiger charge is 2.45. The second-order valence-electron chi connectivity index (χ2n) is 10.5. The molecule has 0 bridgehead atoms. The van der Waals surface area contributed by atoms with Gasteiger partial charge in [0, 0.05) is 45.2 Å². The lowest BCUT2D eigenvalue weighted by atomic mass is 9.93. The van der Waals surface area contributed by atoms with Gasteiger partial charge < -0.3 is 14.9 Å². The number of sulfonamides is 1. The van der Waals surface area contributed by atoms with Crippen LogP contribution in [0.2, 0.25) is 0 Å². The van der Waals surface area contributed by atoms with E-state index in [4.69, 9.17) is 5.11 Å². The average molecular weight is 569 g/mol. The zero-order valence-electron chi connectivity index (χ0n) is 21.3. The minimum atomic E-state index is -3.92. The van der Waals surface area contributed by atoms with E-state index < -0.39 is 40.0 Å². The number of piperidine rings is 2. The number of amides is 1. The number of halogens is 3. The third kappa shape index (κ3) is 6.38. The molecule has 2 aliphatic heterocycles. The van der Waals surface area contributed by atoms with Gasteiger partial charge in [0.2, 0.25) is 16.0 Å². The lowest BCUT2D eigenvalue weighted by Gasteiger charge is -2.35. The van der Waals surface area contributed by atoms with Crippen LogP contribution < -0.4 is 19.8 Å². The van der Waals surface area contributed by atoms with Crippen LogP contribution in [0, 0.1) is 11.2 Å². The Balaban J connectivity index is 1.40. The summed E-state index contributed by atoms with van der Waals surface area (Å²) >= 11 is 0. The summed E-state index contributed by atoms with van der Waals surface area (Å²) in [5, 5.41) is 11.5. The summed E-state index contributed by atoms with van der Waals surface area (Å²) in [4.78, 5) is 25.2. The number of nitrogens with one attached hydrogen (secondary N) is 2. The van der Waals surface area contributed by atoms with Crippen LogP contribution in [0.1, 0.15) is 48.9 Å². The molecule has 1 spiro atoms. The molecule has 0 atom stereocenters. The van der Waals surface area contributed by atoms with Crippen LogP contribution in [0.25, 0.3) is 0 Å². The van der Waals surface area contributed by atoms with E-state index in [0.29, 0.717) is 24.3 Å². The van der Waals surface area contributed by atoms with Crippen LogP contribution in [0.4, 0.5) is 36.3 Å². The Hall–Kier alpha value is -3.13. The number of benzene rings is 1. The monoisotopic (exact) mass is 568 g/mol. The van der Waals surface area contributed by atoms with E-state index >= 15 is 4.39 Å². The second kappa shape index (κ2) is 10.5. The number of anilines is 4. The van der Waals surface area contributed by atoms with Gasteiger partial charge >= 0.3 is 0 Å². The molecule has 10 nitrogen and oxygen atoms in total. The number of hydrogen-bond donors (Lipinski definition) is 3. The maximum absolute atomic E-state index is 15.5. The molecule has 1 amide bonds. The maximum Gasteiger partial charge on any atom is 0.263 e. The molecular weight excluding hydrogens is 537 g/mol. The summed E-state index contributed by atoms with van der Waals surface area (Å²) in [7, 11) is -3.92. The number of aliphatic hydroxyl groups excluding tert-OH is 1. The predicted octanol–water partition coefficient (Wildman–Crippen LogP) is 3.22. The molecule has 3 heterocycles. The van der Waals surface area contributed by atoms with E-state index in [-0.39, 0.29) is 48.8 Å². The fourth-order valence-corrected chi connectivity index (χ4v) is 6.01. The lowest BCUT2D eigenvalue weighted by molar-refractivity contribution is -0.0221. The SMILES string of the molecule is O=C(Nc1nccc(N2CCC(F)(F)CC2)n1)c1c(F)cc(NS(=O)(=O)CCO)cc1N1CCC2(CC1)CC2. The molecule has 5 rings (SSSR count). The normalized spacial score (nSPS) is 20.1. The molecule has 39 heavy (non-hydrogen) atoms. The molecule has 1 aliphatic carbocycles. The third-order valence-electron chi connectivity index (χ3n) is 7.74. The van der Waals surface area contributed by atoms with Crippen molar-refractivity contribution in [2.45, 2.75) is 44.4 Å². The van der Waals surface area contributed by atoms with Crippen molar-refractivity contribution >= 4 is 39.1 Å². The summed E-state index contributed by atoms with van der Waals surface area (Å²) in [5.41, 5.74) is 0.210. The molecular formula is C25H31F3N6O4S. The molecule has 2 aromatic rings. The first-order valence-corrected chi connectivity index (χ1v) is 14.6. The first-order chi connectivity index (χ1) is 18.5. The van der Waals surface area contributed by atoms with Crippen LogP contribution in [0.3, 0.4) is 0 Å². The van der Waals surface area contributed by atoms with Crippen LogP contribution in [0.15, 0.2) is 24.4 Å². The predicted molar refractivity (Wildman–Crippen MR) is 140 cm³/mol. The van der Waals surface area contributed by atoms with Gasteiger partial charge in [-0.1, -0.05) is 0 Å². The van der Waals surface area contributed by atoms with Crippen molar-refractivity contribution in [3.63, 3.8) is 0 Å². The Kier molecular flexibility index (Phi) is 7.35. The molecule has 14 heteroatoms. The van der Waals surface area contributed by atoms with Crippen molar-refractivity contribution in [1.82, 2.24) is 9.97 Å². The zero-order chi connectivity index (χ0) is 27.8. The molecule has 1 aromatic carbocycles. The number of hydrogen-bond acceptors (Lipinski definition) is 8. The Morgan fingerprint density at radius 1 is 1.03 bits per heavy atom. The molecule has 0 radical (unpaired) electrons. The summed E-state index contributed by atoms with van der Waals surface area (Å²) in [6, 6.07) is 3.90. The summed E-state index contributed by atoms with van der Waals surface area (Å²) in [6.07, 6.45) is 4.84. The number of rotatable bonds is 8. The van der Waals surface area contributed by atoms with E-state index in [2.05, 4.69) is 20.0 Å². The summed E-state index contributed by atoms with van der Waals surface area (Å²) in [5.74, 6) is -4.77. The minimum Gasteiger partial charge on any atom is -0.395 e. The van der Waals surface area contributed by atoms with Crippen LogP contribution in [-0.2, 0) is 10.0 Å². The van der Waals surface area contributed by atoms with Crippen LogP contribution >= 0.6 is 0 Å². The highest BCUT2D eigenvalue weighted by atomic mass is 32.2. The van der Waals surface area contributed by atoms with Gasteiger partial charge in [0.1, 0.15) is 11.6 Å². The van der Waals surface area contributed by atoms with E-state index in [1.54, 1.807) is 11.0 Å².